The zero-order chi connectivity index (χ0) is 13.8. The monoisotopic (exact) mass is 272 g/mol. The molecule has 0 saturated carbocycles. The van der Waals surface area contributed by atoms with E-state index in [2.05, 4.69) is 5.32 Å². The van der Waals surface area contributed by atoms with E-state index >= 15 is 0 Å². The largest absolute Gasteiger partial charge is 0.380 e. The van der Waals surface area contributed by atoms with Crippen LogP contribution in [0.4, 0.5) is 0 Å². The van der Waals surface area contributed by atoms with Crippen molar-refractivity contribution in [3.63, 3.8) is 0 Å². The molecular weight excluding hydrogens is 256 g/mol. The van der Waals surface area contributed by atoms with E-state index in [9.17, 15) is 13.2 Å². The highest BCUT2D eigenvalue weighted by Gasteiger charge is 2.10. The molecule has 0 fully saturated rings. The summed E-state index contributed by atoms with van der Waals surface area (Å²) in [5.74, 6) is -0.292. The lowest BCUT2D eigenvalue weighted by atomic mass is 10.2. The number of amides is 1. The number of ether oxygens (including phenoxy) is 1. The first kappa shape index (κ1) is 14.6. The van der Waals surface area contributed by atoms with Gasteiger partial charge >= 0.3 is 0 Å². The molecule has 1 unspecified atom stereocenters. The van der Waals surface area contributed by atoms with Crippen molar-refractivity contribution in [2.24, 2.45) is 5.14 Å². The van der Waals surface area contributed by atoms with Crippen molar-refractivity contribution >= 4 is 15.9 Å². The van der Waals surface area contributed by atoms with Gasteiger partial charge in [0.25, 0.3) is 5.91 Å². The molecule has 7 heteroatoms. The van der Waals surface area contributed by atoms with E-state index in [1.807, 2.05) is 6.92 Å². The predicted octanol–water partition coefficient (Wildman–Crippen LogP) is 0.0987. The Morgan fingerprint density at radius 2 is 1.94 bits per heavy atom. The van der Waals surface area contributed by atoms with Gasteiger partial charge in [0.1, 0.15) is 0 Å². The fourth-order valence-corrected chi connectivity index (χ4v) is 1.73. The molecule has 0 heterocycles. The molecule has 1 aromatic rings. The first-order chi connectivity index (χ1) is 8.34. The Morgan fingerprint density at radius 3 is 2.39 bits per heavy atom. The van der Waals surface area contributed by atoms with Gasteiger partial charge < -0.3 is 10.1 Å². The number of hydrogen-bond acceptors (Lipinski definition) is 4. The van der Waals surface area contributed by atoms with Crippen LogP contribution in [-0.2, 0) is 14.8 Å². The smallest absolute Gasteiger partial charge is 0.251 e. The Hall–Kier alpha value is -1.44. The van der Waals surface area contributed by atoms with Gasteiger partial charge in [-0.3, -0.25) is 4.79 Å². The van der Waals surface area contributed by atoms with Crippen molar-refractivity contribution in [2.45, 2.75) is 17.9 Å². The van der Waals surface area contributed by atoms with Crippen molar-refractivity contribution in [2.75, 3.05) is 13.7 Å². The number of carbonyl (C=O) groups is 1. The summed E-state index contributed by atoms with van der Waals surface area (Å²) in [6.07, 6.45) is -0.0855. The molecular formula is C11H16N2O4S. The summed E-state index contributed by atoms with van der Waals surface area (Å²) in [7, 11) is -2.17. The van der Waals surface area contributed by atoms with Gasteiger partial charge in [-0.15, -0.1) is 0 Å². The molecule has 100 valence electrons. The Morgan fingerprint density at radius 1 is 1.39 bits per heavy atom. The lowest BCUT2D eigenvalue weighted by molar-refractivity contribution is 0.0870. The van der Waals surface area contributed by atoms with Crippen LogP contribution < -0.4 is 10.5 Å². The van der Waals surface area contributed by atoms with E-state index in [1.165, 1.54) is 24.3 Å². The molecule has 6 nitrogen and oxygen atoms in total. The molecule has 0 aliphatic heterocycles. The number of methoxy groups -OCH3 is 1. The zero-order valence-corrected chi connectivity index (χ0v) is 11.0. The Kier molecular flexibility index (Phi) is 4.83. The standard InChI is InChI=1S/C11H16N2O4S/c1-8(17-2)7-13-11(14)9-3-5-10(6-4-9)18(12,15)16/h3-6,8H,7H2,1-2H3,(H,13,14)(H2,12,15,16). The molecule has 1 rings (SSSR count). The third-order valence-electron chi connectivity index (χ3n) is 2.40. The van der Waals surface area contributed by atoms with Crippen molar-refractivity contribution in [3.8, 4) is 0 Å². The quantitative estimate of drug-likeness (QED) is 0.794. The number of nitrogens with one attached hydrogen (secondary N) is 1. The molecule has 0 aliphatic rings. The summed E-state index contributed by atoms with van der Waals surface area (Å²) in [5, 5.41) is 7.62. The molecule has 0 aliphatic carbocycles. The minimum Gasteiger partial charge on any atom is -0.380 e. The van der Waals surface area contributed by atoms with Gasteiger partial charge in [0.05, 0.1) is 11.0 Å². The van der Waals surface area contributed by atoms with Crippen LogP contribution in [0, 0.1) is 0 Å². The number of primary sulfonamides is 1. The van der Waals surface area contributed by atoms with Crippen LogP contribution in [-0.4, -0.2) is 34.1 Å². The fourth-order valence-electron chi connectivity index (χ4n) is 1.22. The maximum Gasteiger partial charge on any atom is 0.251 e. The van der Waals surface area contributed by atoms with Gasteiger partial charge in [0.15, 0.2) is 0 Å². The van der Waals surface area contributed by atoms with Crippen molar-refractivity contribution in [3.05, 3.63) is 29.8 Å². The molecule has 18 heavy (non-hydrogen) atoms. The van der Waals surface area contributed by atoms with E-state index in [-0.39, 0.29) is 16.9 Å². The van der Waals surface area contributed by atoms with Crippen LogP contribution in [0.3, 0.4) is 0 Å². The number of benzene rings is 1. The third kappa shape index (κ3) is 4.10. The average molecular weight is 272 g/mol. The first-order valence-corrected chi connectivity index (χ1v) is 6.83. The summed E-state index contributed by atoms with van der Waals surface area (Å²) >= 11 is 0. The summed E-state index contributed by atoms with van der Waals surface area (Å²) in [6.45, 7) is 2.21. The molecule has 1 atom stereocenters. The molecule has 0 bridgehead atoms. The van der Waals surface area contributed by atoms with E-state index in [0.29, 0.717) is 12.1 Å². The van der Waals surface area contributed by atoms with Crippen LogP contribution in [0.5, 0.6) is 0 Å². The van der Waals surface area contributed by atoms with E-state index in [0.717, 1.165) is 0 Å². The minimum absolute atomic E-state index is 0.0238. The second kappa shape index (κ2) is 5.94. The summed E-state index contributed by atoms with van der Waals surface area (Å²) in [4.78, 5) is 11.7. The summed E-state index contributed by atoms with van der Waals surface area (Å²) in [6, 6.07) is 5.41. The number of nitrogens with two attached hydrogens (primary N) is 1. The lowest BCUT2D eigenvalue weighted by Gasteiger charge is -2.10. The fraction of sp³-hybridized carbons (Fsp3) is 0.364. The molecule has 0 saturated heterocycles. The van der Waals surface area contributed by atoms with E-state index in [4.69, 9.17) is 9.88 Å². The maximum absolute atomic E-state index is 11.7. The molecule has 0 aromatic heterocycles. The van der Waals surface area contributed by atoms with Crippen LogP contribution in [0.1, 0.15) is 17.3 Å². The Bertz CT molecular complexity index is 510. The second-order valence-electron chi connectivity index (χ2n) is 3.83. The minimum atomic E-state index is -3.73. The number of sulfonamides is 1. The van der Waals surface area contributed by atoms with Crippen LogP contribution in [0.2, 0.25) is 0 Å². The van der Waals surface area contributed by atoms with Crippen molar-refractivity contribution in [1.29, 1.82) is 0 Å². The van der Waals surface area contributed by atoms with E-state index < -0.39 is 10.0 Å². The first-order valence-electron chi connectivity index (χ1n) is 5.28. The normalized spacial score (nSPS) is 13.1. The van der Waals surface area contributed by atoms with Crippen molar-refractivity contribution in [1.82, 2.24) is 5.32 Å². The highest BCUT2D eigenvalue weighted by molar-refractivity contribution is 7.89. The molecule has 0 radical (unpaired) electrons. The lowest BCUT2D eigenvalue weighted by Crippen LogP contribution is -2.31. The van der Waals surface area contributed by atoms with Crippen LogP contribution >= 0.6 is 0 Å². The molecule has 0 spiro atoms. The van der Waals surface area contributed by atoms with Gasteiger partial charge in [-0.25, -0.2) is 13.6 Å². The average Bonchev–Trinajstić information content (AvgIpc) is 2.34. The van der Waals surface area contributed by atoms with Crippen LogP contribution in [0.15, 0.2) is 29.2 Å². The second-order valence-corrected chi connectivity index (χ2v) is 5.39. The summed E-state index contributed by atoms with van der Waals surface area (Å²) in [5.41, 5.74) is 0.366. The predicted molar refractivity (Wildman–Crippen MR) is 66.6 cm³/mol. The SMILES string of the molecule is COC(C)CNC(=O)c1ccc(S(N)(=O)=O)cc1. The zero-order valence-electron chi connectivity index (χ0n) is 10.2. The number of hydrogen-bond donors (Lipinski definition) is 2. The van der Waals surface area contributed by atoms with Gasteiger partial charge in [-0.05, 0) is 31.2 Å². The Labute approximate surface area is 106 Å². The molecule has 1 amide bonds. The molecule has 1 aromatic carbocycles. The number of carbonyl (C=O) groups excluding carboxylic acids is 1. The third-order valence-corrected chi connectivity index (χ3v) is 3.33. The van der Waals surface area contributed by atoms with Gasteiger partial charge in [-0.1, -0.05) is 0 Å². The highest BCUT2D eigenvalue weighted by atomic mass is 32.2. The van der Waals surface area contributed by atoms with Crippen LogP contribution in [0.25, 0.3) is 0 Å². The van der Waals surface area contributed by atoms with Gasteiger partial charge in [0, 0.05) is 19.2 Å². The Balaban J connectivity index is 2.71. The molecule has 3 N–H and O–H groups in total. The van der Waals surface area contributed by atoms with Gasteiger partial charge in [0.2, 0.25) is 10.0 Å². The highest BCUT2D eigenvalue weighted by Crippen LogP contribution is 2.08. The summed E-state index contributed by atoms with van der Waals surface area (Å²) < 4.78 is 27.0. The van der Waals surface area contributed by atoms with E-state index in [1.54, 1.807) is 7.11 Å². The number of rotatable bonds is 5. The van der Waals surface area contributed by atoms with Gasteiger partial charge in [-0.2, -0.15) is 0 Å². The van der Waals surface area contributed by atoms with Crippen molar-refractivity contribution < 1.29 is 17.9 Å². The topological polar surface area (TPSA) is 98.5 Å². The maximum atomic E-state index is 11.7.